The fraction of sp³-hybridized carbons (Fsp3) is 0.625. The van der Waals surface area contributed by atoms with E-state index in [1.165, 1.54) is 56.2 Å². The molecule has 0 amide bonds. The van der Waals surface area contributed by atoms with Crippen molar-refractivity contribution in [2.45, 2.75) is 57.9 Å². The molecular formula is C16H24ClN. The Hall–Kier alpha value is -0.690. The summed E-state index contributed by atoms with van der Waals surface area (Å²) in [6.07, 6.45) is 9.33. The number of anilines is 1. The van der Waals surface area contributed by atoms with Crippen LogP contribution in [0, 0.1) is 0 Å². The highest BCUT2D eigenvalue weighted by molar-refractivity contribution is 6.30. The number of benzene rings is 1. The number of unbranched alkanes of at least 4 members (excludes halogenated alkanes) is 4. The van der Waals surface area contributed by atoms with E-state index >= 15 is 0 Å². The standard InChI is InChI=1S/C16H24ClN/c1-3-4-5-6-7-8-15-12-13-11-14(17)9-10-16(13)18(15)2/h9-11,15H,3-8,12H2,1-2H3. The van der Waals surface area contributed by atoms with Gasteiger partial charge in [0.2, 0.25) is 0 Å². The molecule has 1 aromatic rings. The maximum absolute atomic E-state index is 6.06. The Bertz CT molecular complexity index is 389. The van der Waals surface area contributed by atoms with Crippen LogP contribution >= 0.6 is 11.6 Å². The normalized spacial score (nSPS) is 18.2. The fourth-order valence-corrected chi connectivity index (χ4v) is 3.12. The van der Waals surface area contributed by atoms with Crippen LogP contribution in [0.1, 0.15) is 51.0 Å². The van der Waals surface area contributed by atoms with Gasteiger partial charge in [-0.3, -0.25) is 0 Å². The van der Waals surface area contributed by atoms with E-state index in [0.29, 0.717) is 6.04 Å². The lowest BCUT2D eigenvalue weighted by atomic mass is 10.0. The van der Waals surface area contributed by atoms with Crippen LogP contribution in [0.4, 0.5) is 5.69 Å². The number of hydrogen-bond donors (Lipinski definition) is 0. The molecule has 18 heavy (non-hydrogen) atoms. The summed E-state index contributed by atoms with van der Waals surface area (Å²) in [5, 5.41) is 0.866. The summed E-state index contributed by atoms with van der Waals surface area (Å²) in [5.74, 6) is 0. The lowest BCUT2D eigenvalue weighted by molar-refractivity contribution is 0.538. The molecule has 100 valence electrons. The monoisotopic (exact) mass is 265 g/mol. The van der Waals surface area contributed by atoms with Gasteiger partial charge < -0.3 is 4.90 Å². The molecule has 2 heteroatoms. The van der Waals surface area contributed by atoms with Crippen LogP contribution in [0.15, 0.2) is 18.2 Å². The number of rotatable bonds is 6. The van der Waals surface area contributed by atoms with E-state index in [2.05, 4.69) is 31.0 Å². The van der Waals surface area contributed by atoms with Gasteiger partial charge in [0.15, 0.2) is 0 Å². The van der Waals surface area contributed by atoms with Crippen molar-refractivity contribution < 1.29 is 0 Å². The third-order valence-electron chi connectivity index (χ3n) is 4.07. The second kappa shape index (κ2) is 6.47. The zero-order valence-electron chi connectivity index (χ0n) is 11.6. The summed E-state index contributed by atoms with van der Waals surface area (Å²) in [4.78, 5) is 2.44. The molecule has 1 heterocycles. The maximum Gasteiger partial charge on any atom is 0.0410 e. The average Bonchev–Trinajstić information content (AvgIpc) is 2.65. The highest BCUT2D eigenvalue weighted by Gasteiger charge is 2.25. The number of hydrogen-bond acceptors (Lipinski definition) is 1. The van der Waals surface area contributed by atoms with Crippen LogP contribution in [0.5, 0.6) is 0 Å². The molecule has 0 aliphatic carbocycles. The maximum atomic E-state index is 6.06. The van der Waals surface area contributed by atoms with Crippen molar-refractivity contribution in [3.8, 4) is 0 Å². The molecule has 2 rings (SSSR count). The Labute approximate surface area is 116 Å². The first-order valence-electron chi connectivity index (χ1n) is 7.23. The molecule has 0 saturated heterocycles. The van der Waals surface area contributed by atoms with Gasteiger partial charge in [0.05, 0.1) is 0 Å². The molecule has 1 aliphatic heterocycles. The Balaban J connectivity index is 1.83. The molecule has 0 radical (unpaired) electrons. The van der Waals surface area contributed by atoms with Gasteiger partial charge in [-0.1, -0.05) is 50.6 Å². The molecule has 0 saturated carbocycles. The average molecular weight is 266 g/mol. The number of fused-ring (bicyclic) bond motifs is 1. The van der Waals surface area contributed by atoms with Crippen molar-refractivity contribution in [1.29, 1.82) is 0 Å². The van der Waals surface area contributed by atoms with Crippen molar-refractivity contribution in [3.63, 3.8) is 0 Å². The van der Waals surface area contributed by atoms with E-state index in [1.807, 2.05) is 6.07 Å². The molecule has 0 spiro atoms. The van der Waals surface area contributed by atoms with Crippen molar-refractivity contribution in [3.05, 3.63) is 28.8 Å². The molecule has 0 N–H and O–H groups in total. The van der Waals surface area contributed by atoms with Crippen LogP contribution in [-0.4, -0.2) is 13.1 Å². The summed E-state index contributed by atoms with van der Waals surface area (Å²) < 4.78 is 0. The van der Waals surface area contributed by atoms with Crippen molar-refractivity contribution >= 4 is 17.3 Å². The fourth-order valence-electron chi connectivity index (χ4n) is 2.93. The first-order valence-corrected chi connectivity index (χ1v) is 7.61. The molecule has 1 aliphatic rings. The summed E-state index contributed by atoms with van der Waals surface area (Å²) in [6.45, 7) is 2.27. The molecule has 0 bridgehead atoms. The van der Waals surface area contributed by atoms with Gasteiger partial charge >= 0.3 is 0 Å². The van der Waals surface area contributed by atoms with Crippen LogP contribution < -0.4 is 4.90 Å². The van der Waals surface area contributed by atoms with E-state index in [1.54, 1.807) is 0 Å². The number of likely N-dealkylation sites (N-methyl/N-ethyl adjacent to an activating group) is 1. The third-order valence-corrected chi connectivity index (χ3v) is 4.30. The van der Waals surface area contributed by atoms with Gasteiger partial charge in [-0.25, -0.2) is 0 Å². The van der Waals surface area contributed by atoms with Gasteiger partial charge in [-0.05, 0) is 36.6 Å². The Morgan fingerprint density at radius 3 is 2.78 bits per heavy atom. The van der Waals surface area contributed by atoms with Gasteiger partial charge in [0.1, 0.15) is 0 Å². The second-order valence-corrected chi connectivity index (χ2v) is 5.88. The number of halogens is 1. The lowest BCUT2D eigenvalue weighted by Gasteiger charge is -2.22. The van der Waals surface area contributed by atoms with Crippen LogP contribution in [0.3, 0.4) is 0 Å². The third kappa shape index (κ3) is 3.20. The predicted molar refractivity (Wildman–Crippen MR) is 80.7 cm³/mol. The van der Waals surface area contributed by atoms with Gasteiger partial charge in [-0.2, -0.15) is 0 Å². The topological polar surface area (TPSA) is 3.24 Å². The van der Waals surface area contributed by atoms with Crippen molar-refractivity contribution in [2.75, 3.05) is 11.9 Å². The highest BCUT2D eigenvalue weighted by atomic mass is 35.5. The largest absolute Gasteiger partial charge is 0.371 e. The first kappa shape index (κ1) is 13.7. The predicted octanol–water partition coefficient (Wildman–Crippen LogP) is 5.06. The first-order chi connectivity index (χ1) is 8.72. The SMILES string of the molecule is CCCCCCCC1Cc2cc(Cl)ccc2N1C. The zero-order chi connectivity index (χ0) is 13.0. The lowest BCUT2D eigenvalue weighted by Crippen LogP contribution is -2.27. The van der Waals surface area contributed by atoms with Gasteiger partial charge in [0, 0.05) is 23.8 Å². The van der Waals surface area contributed by atoms with Crippen LogP contribution in [0.25, 0.3) is 0 Å². The quantitative estimate of drug-likeness (QED) is 0.650. The number of nitrogens with zero attached hydrogens (tertiary/aromatic N) is 1. The minimum absolute atomic E-state index is 0.681. The van der Waals surface area contributed by atoms with Crippen LogP contribution in [0.2, 0.25) is 5.02 Å². The molecule has 0 fully saturated rings. The molecule has 1 atom stereocenters. The van der Waals surface area contributed by atoms with E-state index in [4.69, 9.17) is 11.6 Å². The summed E-state index contributed by atoms with van der Waals surface area (Å²) in [7, 11) is 2.22. The molecule has 1 aromatic carbocycles. The van der Waals surface area contributed by atoms with Crippen molar-refractivity contribution in [2.24, 2.45) is 0 Å². The molecule has 0 aromatic heterocycles. The minimum Gasteiger partial charge on any atom is -0.371 e. The van der Waals surface area contributed by atoms with Gasteiger partial charge in [0.25, 0.3) is 0 Å². The van der Waals surface area contributed by atoms with Gasteiger partial charge in [-0.15, -0.1) is 0 Å². The Morgan fingerprint density at radius 1 is 1.22 bits per heavy atom. The van der Waals surface area contributed by atoms with E-state index < -0.39 is 0 Å². The van der Waals surface area contributed by atoms with E-state index in [9.17, 15) is 0 Å². The highest BCUT2D eigenvalue weighted by Crippen LogP contribution is 2.34. The summed E-state index contributed by atoms with van der Waals surface area (Å²) in [6, 6.07) is 6.97. The van der Waals surface area contributed by atoms with Crippen molar-refractivity contribution in [1.82, 2.24) is 0 Å². The smallest absolute Gasteiger partial charge is 0.0410 e. The van der Waals surface area contributed by atoms with E-state index in [-0.39, 0.29) is 0 Å². The second-order valence-electron chi connectivity index (χ2n) is 5.44. The Kier molecular flexibility index (Phi) is 4.94. The minimum atomic E-state index is 0.681. The van der Waals surface area contributed by atoms with E-state index in [0.717, 1.165) is 5.02 Å². The summed E-state index contributed by atoms with van der Waals surface area (Å²) in [5.41, 5.74) is 2.79. The van der Waals surface area contributed by atoms with Crippen LogP contribution in [-0.2, 0) is 6.42 Å². The summed E-state index contributed by atoms with van der Waals surface area (Å²) >= 11 is 6.06. The molecule has 1 nitrogen and oxygen atoms in total. The zero-order valence-corrected chi connectivity index (χ0v) is 12.3. The Morgan fingerprint density at radius 2 is 2.00 bits per heavy atom. The molecule has 1 unspecified atom stereocenters. The molecular weight excluding hydrogens is 242 g/mol.